The molecule has 13 heavy (non-hydrogen) atoms. The first kappa shape index (κ1) is 10.7. The van der Waals surface area contributed by atoms with Gasteiger partial charge in [-0.25, -0.2) is 6.92 Å². The Morgan fingerprint density at radius 1 is 1.54 bits per heavy atom. The second kappa shape index (κ2) is 4.25. The van der Waals surface area contributed by atoms with E-state index in [1.54, 1.807) is 0 Å². The van der Waals surface area contributed by atoms with E-state index >= 15 is 0 Å². The van der Waals surface area contributed by atoms with Gasteiger partial charge in [-0.3, -0.25) is 4.98 Å². The fraction of sp³-hybridized carbons (Fsp3) is 0.200. The molecule has 0 aromatic carbocycles. The first-order chi connectivity index (χ1) is 5.81. The summed E-state index contributed by atoms with van der Waals surface area (Å²) in [5.74, 6) is 1.07. The summed E-state index contributed by atoms with van der Waals surface area (Å²) in [5, 5.41) is 0. The molecule has 0 spiro atoms. The predicted molar refractivity (Wildman–Crippen MR) is 49.0 cm³/mol. The number of aromatic nitrogens is 2. The number of aryl methyl sites for hydroxylation is 1. The van der Waals surface area contributed by atoms with Gasteiger partial charge in [0, 0.05) is 45.3 Å². The number of hydrogen-bond acceptors (Lipinski definition) is 1. The Hall–Kier alpha value is -0.336. The molecule has 0 N–H and O–H groups in total. The quantitative estimate of drug-likeness (QED) is 0.706. The minimum atomic E-state index is 0. The third-order valence-electron chi connectivity index (χ3n) is 1.96. The van der Waals surface area contributed by atoms with E-state index in [0.29, 0.717) is 0 Å². The second-order valence-electron chi connectivity index (χ2n) is 2.82. The van der Waals surface area contributed by atoms with Gasteiger partial charge in [-0.05, 0) is 11.6 Å². The third-order valence-corrected chi connectivity index (χ3v) is 1.96. The Balaban J connectivity index is 0.000000845. The van der Waals surface area contributed by atoms with Crippen LogP contribution in [-0.2, 0) is 39.1 Å². The summed E-state index contributed by atoms with van der Waals surface area (Å²) in [5.41, 5.74) is 2.02. The Morgan fingerprint density at radius 3 is 3.00 bits per heavy atom. The topological polar surface area (TPSA) is 17.3 Å². The molecular formula is C10H11N2Y-. The number of fused-ring (bicyclic) bond motifs is 1. The molecule has 0 saturated carbocycles. The Kier molecular flexibility index (Phi) is 3.51. The zero-order valence-electron chi connectivity index (χ0n) is 7.70. The van der Waals surface area contributed by atoms with Crippen LogP contribution in [0.1, 0.15) is 18.4 Å². The van der Waals surface area contributed by atoms with Gasteiger partial charge in [0.15, 0.2) is 0 Å². The smallest absolute Gasteiger partial charge is 0.108 e. The fourth-order valence-corrected chi connectivity index (χ4v) is 1.42. The van der Waals surface area contributed by atoms with E-state index < -0.39 is 0 Å². The van der Waals surface area contributed by atoms with Crippen LogP contribution in [0.25, 0.3) is 5.52 Å². The molecule has 0 saturated heterocycles. The maximum atomic E-state index is 4.34. The van der Waals surface area contributed by atoms with Crippen LogP contribution in [0, 0.1) is 6.92 Å². The van der Waals surface area contributed by atoms with Gasteiger partial charge in [-0.15, -0.1) is 0 Å². The molecule has 0 bridgehead atoms. The van der Waals surface area contributed by atoms with Gasteiger partial charge in [-0.1, -0.05) is 18.7 Å². The Morgan fingerprint density at radius 2 is 2.31 bits per heavy atom. The van der Waals surface area contributed by atoms with E-state index in [9.17, 15) is 0 Å². The largest absolute Gasteiger partial charge is 0.323 e. The summed E-state index contributed by atoms with van der Waals surface area (Å²) < 4.78 is 2.09. The SMILES string of the molecule is [CH2-]c1cc2cccn2c(CC)n1.[Y]. The third kappa shape index (κ3) is 1.95. The molecule has 0 fully saturated rings. The molecule has 0 aliphatic rings. The average molecular weight is 248 g/mol. The van der Waals surface area contributed by atoms with Crippen LogP contribution in [-0.4, -0.2) is 9.38 Å². The van der Waals surface area contributed by atoms with Crippen LogP contribution in [0.15, 0.2) is 24.4 Å². The van der Waals surface area contributed by atoms with Gasteiger partial charge in [-0.2, -0.15) is 6.07 Å². The van der Waals surface area contributed by atoms with Crippen molar-refractivity contribution >= 4 is 5.52 Å². The van der Waals surface area contributed by atoms with E-state index in [4.69, 9.17) is 0 Å². The molecule has 1 radical (unpaired) electrons. The van der Waals surface area contributed by atoms with Crippen LogP contribution < -0.4 is 0 Å². The van der Waals surface area contributed by atoms with Crippen molar-refractivity contribution in [2.24, 2.45) is 0 Å². The van der Waals surface area contributed by atoms with Crippen molar-refractivity contribution in [2.75, 3.05) is 0 Å². The van der Waals surface area contributed by atoms with Crippen molar-refractivity contribution in [3.05, 3.63) is 42.8 Å². The first-order valence-electron chi connectivity index (χ1n) is 4.10. The molecule has 2 rings (SSSR count). The van der Waals surface area contributed by atoms with Crippen molar-refractivity contribution in [1.29, 1.82) is 0 Å². The van der Waals surface area contributed by atoms with Crippen LogP contribution in [0.3, 0.4) is 0 Å². The summed E-state index contributed by atoms with van der Waals surface area (Å²) in [6.07, 6.45) is 2.97. The minimum Gasteiger partial charge on any atom is -0.323 e. The Labute approximate surface area is 103 Å². The molecule has 0 atom stereocenters. The number of hydrogen-bond donors (Lipinski definition) is 0. The second-order valence-corrected chi connectivity index (χ2v) is 2.82. The maximum absolute atomic E-state index is 4.34. The fourth-order valence-electron chi connectivity index (χ4n) is 1.42. The molecule has 0 amide bonds. The van der Waals surface area contributed by atoms with Crippen molar-refractivity contribution in [1.82, 2.24) is 9.38 Å². The zero-order chi connectivity index (χ0) is 8.55. The monoisotopic (exact) mass is 248 g/mol. The van der Waals surface area contributed by atoms with Gasteiger partial charge in [0.2, 0.25) is 0 Å². The molecule has 2 heterocycles. The van der Waals surface area contributed by atoms with E-state index in [-0.39, 0.29) is 32.7 Å². The van der Waals surface area contributed by atoms with Crippen LogP contribution in [0.4, 0.5) is 0 Å². The molecule has 2 nitrogen and oxygen atoms in total. The van der Waals surface area contributed by atoms with E-state index in [2.05, 4.69) is 29.3 Å². The zero-order valence-corrected chi connectivity index (χ0v) is 10.5. The van der Waals surface area contributed by atoms with E-state index in [1.807, 2.05) is 18.3 Å². The molecule has 65 valence electrons. The number of nitrogens with zero attached hydrogens (tertiary/aromatic N) is 2. The van der Waals surface area contributed by atoms with Crippen LogP contribution in [0.2, 0.25) is 0 Å². The minimum absolute atomic E-state index is 0. The van der Waals surface area contributed by atoms with Crippen molar-refractivity contribution in [3.8, 4) is 0 Å². The van der Waals surface area contributed by atoms with Gasteiger partial charge in [0.05, 0.1) is 0 Å². The summed E-state index contributed by atoms with van der Waals surface area (Å²) in [7, 11) is 0. The standard InChI is InChI=1S/C10H11N2.Y/c1-3-10-11-8(2)7-9-5-4-6-12(9)10;/h4-7H,2-3H2,1H3;/q-1;. The molecular weight excluding hydrogens is 237 g/mol. The van der Waals surface area contributed by atoms with Gasteiger partial charge in [0.1, 0.15) is 5.82 Å². The predicted octanol–water partition coefficient (Wildman–Crippen LogP) is 2.08. The Bertz CT molecular complexity index is 406. The molecule has 2 aromatic rings. The maximum Gasteiger partial charge on any atom is 0.108 e. The summed E-state index contributed by atoms with van der Waals surface area (Å²) in [6, 6.07) is 6.07. The molecule has 0 aliphatic carbocycles. The van der Waals surface area contributed by atoms with Crippen molar-refractivity contribution in [2.45, 2.75) is 13.3 Å². The molecule has 0 unspecified atom stereocenters. The van der Waals surface area contributed by atoms with Gasteiger partial charge >= 0.3 is 0 Å². The van der Waals surface area contributed by atoms with Crippen molar-refractivity contribution in [3.63, 3.8) is 0 Å². The van der Waals surface area contributed by atoms with Crippen molar-refractivity contribution < 1.29 is 32.7 Å². The number of rotatable bonds is 1. The van der Waals surface area contributed by atoms with E-state index in [0.717, 1.165) is 17.9 Å². The van der Waals surface area contributed by atoms with Gasteiger partial charge < -0.3 is 4.40 Å². The normalized spacial score (nSPS) is 9.92. The molecule has 0 aliphatic heterocycles. The average Bonchev–Trinajstić information content (AvgIpc) is 2.50. The van der Waals surface area contributed by atoms with E-state index in [1.165, 1.54) is 5.52 Å². The summed E-state index contributed by atoms with van der Waals surface area (Å²) in [6.45, 7) is 5.93. The summed E-state index contributed by atoms with van der Waals surface area (Å²) in [4.78, 5) is 4.34. The molecule has 2 aromatic heterocycles. The van der Waals surface area contributed by atoms with Gasteiger partial charge in [0.25, 0.3) is 0 Å². The van der Waals surface area contributed by atoms with Crippen LogP contribution in [0.5, 0.6) is 0 Å². The van der Waals surface area contributed by atoms with Crippen LogP contribution >= 0.6 is 0 Å². The summed E-state index contributed by atoms with van der Waals surface area (Å²) >= 11 is 0. The molecule has 3 heteroatoms. The first-order valence-corrected chi connectivity index (χ1v) is 4.10.